The van der Waals surface area contributed by atoms with E-state index in [1.54, 1.807) is 5.57 Å². The number of carbonyl (C=O) groups excluding carboxylic acids is 1. The Kier molecular flexibility index (Phi) is 18.7. The number of rotatable bonds is 8. The molecule has 5 rings (SSSR count). The number of aryl methyl sites for hydroxylation is 3. The summed E-state index contributed by atoms with van der Waals surface area (Å²) in [5, 5.41) is 0. The molecule has 0 bridgehead atoms. The lowest BCUT2D eigenvalue weighted by molar-refractivity contribution is 0.112. The second-order valence-corrected chi connectivity index (χ2v) is 12.1. The highest BCUT2D eigenvalue weighted by atomic mass is 16.1. The zero-order chi connectivity index (χ0) is 30.9. The molecule has 2 fully saturated rings. The van der Waals surface area contributed by atoms with E-state index in [0.717, 1.165) is 41.2 Å². The average molecular weight is 588 g/mol. The molecule has 1 aromatic heterocycles. The van der Waals surface area contributed by atoms with Gasteiger partial charge >= 0.3 is 0 Å². The summed E-state index contributed by atoms with van der Waals surface area (Å²) in [4.78, 5) is 14.7. The number of nitrogens with zero attached hydrogens (tertiary/aromatic N) is 1. The number of carbonyl (C=O) groups is 1. The third-order valence-electron chi connectivity index (χ3n) is 9.00. The molecule has 2 saturated carbocycles. The number of hydrogen-bond donors (Lipinski definition) is 0. The lowest BCUT2D eigenvalue weighted by Gasteiger charge is -2.30. The topological polar surface area (TPSA) is 61.5 Å². The molecular formula is C40H61NO2. The van der Waals surface area contributed by atoms with Crippen LogP contribution in [-0.2, 0) is 6.42 Å². The summed E-state index contributed by atoms with van der Waals surface area (Å²) in [6.07, 6.45) is 26.1. The first-order valence-corrected chi connectivity index (χ1v) is 16.9. The Morgan fingerprint density at radius 1 is 0.930 bits per heavy atom. The van der Waals surface area contributed by atoms with Gasteiger partial charge in [0.15, 0.2) is 6.29 Å². The van der Waals surface area contributed by atoms with Gasteiger partial charge in [0.1, 0.15) is 0 Å². The molecule has 3 heteroatoms. The van der Waals surface area contributed by atoms with Gasteiger partial charge in [0.05, 0.1) is 0 Å². The van der Waals surface area contributed by atoms with Gasteiger partial charge in [-0.2, -0.15) is 0 Å². The number of hydrogen-bond acceptors (Lipinski definition) is 2. The summed E-state index contributed by atoms with van der Waals surface area (Å²) in [6.45, 7) is 18.5. The monoisotopic (exact) mass is 587 g/mol. The Balaban J connectivity index is 0.000000488. The normalized spacial score (nSPS) is 18.9. The van der Waals surface area contributed by atoms with Crippen molar-refractivity contribution in [1.29, 1.82) is 0 Å². The molecule has 1 heterocycles. The zero-order valence-electron chi connectivity index (χ0n) is 28.5. The number of allylic oxidation sites excluding steroid dienone is 5. The second-order valence-electron chi connectivity index (χ2n) is 12.1. The Hall–Kier alpha value is -2.78. The van der Waals surface area contributed by atoms with Gasteiger partial charge in [0.25, 0.3) is 0 Å². The summed E-state index contributed by atoms with van der Waals surface area (Å²) in [7, 11) is 0. The van der Waals surface area contributed by atoms with Crippen LogP contribution in [0.1, 0.15) is 131 Å². The first kappa shape index (κ1) is 38.2. The molecule has 0 amide bonds. The van der Waals surface area contributed by atoms with E-state index in [0.29, 0.717) is 5.92 Å². The molecule has 3 nitrogen and oxygen atoms in total. The largest absolute Gasteiger partial charge is 0.412 e. The standard InChI is InChI=1S/C26H35N.C10H12O.2C2H6.H2O/c1-20(6-5-9-21-7-3-2-4-8-21)24-10-11-25-17-23(18-26(25)19-24)16-22-12-14-27-15-13-22;1-7-4-8(2)10(6-11)9(3)5-7;2*1-2;/h12-15,17-18,21,24-25H,1-11,16,19H2;4-6H,1-3H3;2*1-2H3;1H2. The van der Waals surface area contributed by atoms with E-state index in [9.17, 15) is 4.79 Å². The Bertz CT molecular complexity index is 1130. The number of aromatic nitrogens is 1. The van der Waals surface area contributed by atoms with Crippen molar-refractivity contribution in [3.63, 3.8) is 0 Å². The van der Waals surface area contributed by atoms with Crippen LogP contribution in [0.3, 0.4) is 0 Å². The van der Waals surface area contributed by atoms with E-state index < -0.39 is 0 Å². The smallest absolute Gasteiger partial charge is 0.150 e. The molecule has 0 spiro atoms. The maximum atomic E-state index is 10.6. The van der Waals surface area contributed by atoms with E-state index in [1.165, 1.54) is 92.9 Å². The van der Waals surface area contributed by atoms with Crippen LogP contribution in [0.4, 0.5) is 0 Å². The lowest BCUT2D eigenvalue weighted by Crippen LogP contribution is -2.16. The molecule has 2 aromatic rings. The molecule has 0 radical (unpaired) electrons. The Morgan fingerprint density at radius 3 is 2.16 bits per heavy atom. The second kappa shape index (κ2) is 21.0. The van der Waals surface area contributed by atoms with Crippen molar-refractivity contribution in [2.24, 2.45) is 17.8 Å². The van der Waals surface area contributed by atoms with E-state index in [4.69, 9.17) is 0 Å². The molecule has 3 aliphatic rings. The first-order chi connectivity index (χ1) is 20.4. The van der Waals surface area contributed by atoms with Crippen LogP contribution in [0.2, 0.25) is 0 Å². The van der Waals surface area contributed by atoms with Gasteiger partial charge in [-0.1, -0.05) is 114 Å². The molecule has 238 valence electrons. The summed E-state index contributed by atoms with van der Waals surface area (Å²) < 4.78 is 0. The predicted octanol–water partition coefficient (Wildman–Crippen LogP) is 10.9. The fourth-order valence-corrected chi connectivity index (χ4v) is 6.87. The number of benzene rings is 1. The van der Waals surface area contributed by atoms with Gasteiger partial charge in [-0.3, -0.25) is 9.78 Å². The van der Waals surface area contributed by atoms with Crippen molar-refractivity contribution in [3.8, 4) is 0 Å². The molecule has 3 aliphatic carbocycles. The third-order valence-corrected chi connectivity index (χ3v) is 9.00. The van der Waals surface area contributed by atoms with E-state index in [-0.39, 0.29) is 5.48 Å². The summed E-state index contributed by atoms with van der Waals surface area (Å²) in [5.41, 5.74) is 10.3. The van der Waals surface area contributed by atoms with Crippen molar-refractivity contribution >= 4 is 6.29 Å². The minimum atomic E-state index is 0. The van der Waals surface area contributed by atoms with Crippen LogP contribution in [0.25, 0.3) is 0 Å². The molecule has 43 heavy (non-hydrogen) atoms. The van der Waals surface area contributed by atoms with Crippen molar-refractivity contribution in [2.75, 3.05) is 0 Å². The van der Waals surface area contributed by atoms with Crippen LogP contribution in [0.5, 0.6) is 0 Å². The Morgan fingerprint density at radius 2 is 1.56 bits per heavy atom. The SMILES string of the molecule is C=C(CCCC1CCCCC1)C1CCC2C=C(Cc3ccncc3)C=C2C1.CC.CC.Cc1cc(C)c(C=O)c(C)c1.O. The summed E-state index contributed by atoms with van der Waals surface area (Å²) >= 11 is 0. The van der Waals surface area contributed by atoms with Crippen molar-refractivity contribution in [3.05, 3.63) is 99.9 Å². The highest BCUT2D eigenvalue weighted by Gasteiger charge is 2.28. The fraction of sp³-hybridized carbons (Fsp3) is 0.550. The van der Waals surface area contributed by atoms with Crippen LogP contribution in [0, 0.1) is 38.5 Å². The minimum absolute atomic E-state index is 0. The first-order valence-electron chi connectivity index (χ1n) is 16.9. The predicted molar refractivity (Wildman–Crippen MR) is 187 cm³/mol. The quantitative estimate of drug-likeness (QED) is 0.228. The maximum Gasteiger partial charge on any atom is 0.150 e. The number of fused-ring (bicyclic) bond motifs is 1. The van der Waals surface area contributed by atoms with E-state index >= 15 is 0 Å². The van der Waals surface area contributed by atoms with Crippen molar-refractivity contribution < 1.29 is 10.3 Å². The van der Waals surface area contributed by atoms with Crippen LogP contribution >= 0.6 is 0 Å². The van der Waals surface area contributed by atoms with Crippen LogP contribution in [0.15, 0.2) is 72.1 Å². The minimum Gasteiger partial charge on any atom is -0.412 e. The fourth-order valence-electron chi connectivity index (χ4n) is 6.87. The van der Waals surface area contributed by atoms with Gasteiger partial charge in [-0.25, -0.2) is 0 Å². The average Bonchev–Trinajstić information content (AvgIpc) is 3.42. The van der Waals surface area contributed by atoms with Crippen LogP contribution < -0.4 is 0 Å². The number of aldehydes is 1. The highest BCUT2D eigenvalue weighted by Crippen LogP contribution is 2.43. The molecule has 2 N–H and O–H groups in total. The molecule has 0 saturated heterocycles. The molecule has 0 aliphatic heterocycles. The van der Waals surface area contributed by atoms with Gasteiger partial charge in [-0.05, 0) is 111 Å². The van der Waals surface area contributed by atoms with Gasteiger partial charge in [-0.15, -0.1) is 0 Å². The molecule has 1 aromatic carbocycles. The molecule has 2 atom stereocenters. The lowest BCUT2D eigenvalue weighted by atomic mass is 9.75. The van der Waals surface area contributed by atoms with E-state index in [2.05, 4.69) is 35.8 Å². The zero-order valence-corrected chi connectivity index (χ0v) is 28.5. The third kappa shape index (κ3) is 12.4. The summed E-state index contributed by atoms with van der Waals surface area (Å²) in [6, 6.07) is 8.32. The van der Waals surface area contributed by atoms with Crippen LogP contribution in [-0.4, -0.2) is 16.7 Å². The number of pyridine rings is 1. The highest BCUT2D eigenvalue weighted by molar-refractivity contribution is 5.79. The Labute approximate surface area is 264 Å². The van der Waals surface area contributed by atoms with Gasteiger partial charge < -0.3 is 5.48 Å². The van der Waals surface area contributed by atoms with Gasteiger partial charge in [0.2, 0.25) is 0 Å². The van der Waals surface area contributed by atoms with E-state index in [1.807, 2.05) is 73.0 Å². The summed E-state index contributed by atoms with van der Waals surface area (Å²) in [5.74, 6) is 2.44. The van der Waals surface area contributed by atoms with Crippen molar-refractivity contribution in [1.82, 2.24) is 4.98 Å². The molecular weight excluding hydrogens is 526 g/mol. The van der Waals surface area contributed by atoms with Crippen molar-refractivity contribution in [2.45, 2.75) is 126 Å². The maximum absolute atomic E-state index is 10.6. The van der Waals surface area contributed by atoms with Gasteiger partial charge in [0, 0.05) is 18.0 Å². The molecule has 2 unspecified atom stereocenters.